The standard InChI is InChI=1S/C23H27NO5.C22H26N2O5.C5H11N.C3H7NO/c1-18(14-19-8-4-2-5-9-19)23(27)24-15-21(25)12-13-28-17-22(26)29-16-20-10-6-3-7-11-20;23-20(13-17-7-3-1-4-8-17)22(27)24-14-19(25)11-12-28-16-21(26)29-15-18-9-5-2-6-10-18;1-2-4-6-5-3-1;1-4(2)3-5/h2-11,18H,12-17H2,1H3,(H,24,27);1-10,20H,11-16,23H2,(H,24,27);6H,1-5H2;3H,1-2H3/t18-;20-;;/m00../s1. The molecule has 374 valence electrons. The molecule has 4 aromatic carbocycles. The van der Waals surface area contributed by atoms with E-state index >= 15 is 0 Å². The first kappa shape index (κ1) is 58.5. The van der Waals surface area contributed by atoms with Crippen LogP contribution in [0.1, 0.15) is 61.3 Å². The minimum absolute atomic E-state index is 0.0419. The highest BCUT2D eigenvalue weighted by atomic mass is 16.6. The largest absolute Gasteiger partial charge is 0.459 e. The van der Waals surface area contributed by atoms with Crippen molar-refractivity contribution in [3.05, 3.63) is 144 Å². The van der Waals surface area contributed by atoms with Crippen LogP contribution in [0.3, 0.4) is 0 Å². The van der Waals surface area contributed by atoms with E-state index in [-0.39, 0.29) is 94.9 Å². The van der Waals surface area contributed by atoms with Gasteiger partial charge >= 0.3 is 11.9 Å². The van der Waals surface area contributed by atoms with Crippen LogP contribution in [0.15, 0.2) is 121 Å². The fraction of sp³-hybridized carbons (Fsp3) is 0.415. The van der Waals surface area contributed by atoms with E-state index < -0.39 is 18.0 Å². The lowest BCUT2D eigenvalue weighted by molar-refractivity contribution is -0.151. The second-order valence-electron chi connectivity index (χ2n) is 16.2. The van der Waals surface area contributed by atoms with Crippen LogP contribution < -0.4 is 21.7 Å². The maximum absolute atomic E-state index is 12.1. The molecule has 5 rings (SSSR count). The van der Waals surface area contributed by atoms with Gasteiger partial charge in [0.15, 0.2) is 11.6 Å². The first-order valence-electron chi connectivity index (χ1n) is 23.2. The number of Topliss-reactive ketones (excluding diaryl/α,β-unsaturated/α-hetero) is 2. The molecule has 0 unspecified atom stereocenters. The molecule has 1 fully saturated rings. The Labute approximate surface area is 407 Å². The second-order valence-corrected chi connectivity index (χ2v) is 16.2. The number of rotatable bonds is 25. The third-order valence-electron chi connectivity index (χ3n) is 9.78. The molecule has 16 nitrogen and oxygen atoms in total. The quantitative estimate of drug-likeness (QED) is 0.0407. The van der Waals surface area contributed by atoms with Crippen molar-refractivity contribution in [2.24, 2.45) is 11.7 Å². The first-order valence-corrected chi connectivity index (χ1v) is 23.2. The van der Waals surface area contributed by atoms with E-state index in [0.29, 0.717) is 12.8 Å². The van der Waals surface area contributed by atoms with Crippen molar-refractivity contribution in [3.63, 3.8) is 0 Å². The molecule has 69 heavy (non-hydrogen) atoms. The monoisotopic (exact) mass is 954 g/mol. The van der Waals surface area contributed by atoms with Gasteiger partial charge in [-0.15, -0.1) is 0 Å². The van der Waals surface area contributed by atoms with E-state index in [2.05, 4.69) is 16.0 Å². The molecule has 4 aromatic rings. The number of hydrogen-bond donors (Lipinski definition) is 4. The topological polar surface area (TPSA) is 222 Å². The third kappa shape index (κ3) is 31.2. The number of hydrogen-bond acceptors (Lipinski definition) is 13. The number of nitrogens with two attached hydrogens (primary N) is 1. The highest BCUT2D eigenvalue weighted by Gasteiger charge is 2.16. The maximum Gasteiger partial charge on any atom is 0.332 e. The van der Waals surface area contributed by atoms with Crippen molar-refractivity contribution in [2.75, 3.05) is 66.7 Å². The Morgan fingerprint density at radius 2 is 0.971 bits per heavy atom. The summed E-state index contributed by atoms with van der Waals surface area (Å²) in [5.41, 5.74) is 9.67. The summed E-state index contributed by atoms with van der Waals surface area (Å²) in [5.74, 6) is -2.10. The molecule has 1 heterocycles. The summed E-state index contributed by atoms with van der Waals surface area (Å²) in [5, 5.41) is 8.47. The minimum Gasteiger partial charge on any atom is -0.459 e. The number of esters is 2. The van der Waals surface area contributed by atoms with Crippen LogP contribution >= 0.6 is 0 Å². The van der Waals surface area contributed by atoms with E-state index in [1.54, 1.807) is 14.1 Å². The summed E-state index contributed by atoms with van der Waals surface area (Å²) in [6.45, 7) is 4.28. The van der Waals surface area contributed by atoms with Gasteiger partial charge in [-0.3, -0.25) is 24.0 Å². The summed E-state index contributed by atoms with van der Waals surface area (Å²) in [6, 6.07) is 37.1. The van der Waals surface area contributed by atoms with Crippen LogP contribution in [-0.2, 0) is 78.6 Å². The van der Waals surface area contributed by atoms with Crippen molar-refractivity contribution in [1.82, 2.24) is 20.9 Å². The van der Waals surface area contributed by atoms with Crippen molar-refractivity contribution in [2.45, 2.75) is 71.1 Å². The number of ether oxygens (including phenoxy) is 4. The summed E-state index contributed by atoms with van der Waals surface area (Å²) >= 11 is 0. The molecule has 1 aliphatic rings. The van der Waals surface area contributed by atoms with Crippen LogP contribution in [0, 0.1) is 5.92 Å². The van der Waals surface area contributed by atoms with Crippen LogP contribution in [-0.4, -0.2) is 119 Å². The molecule has 16 heteroatoms. The smallest absolute Gasteiger partial charge is 0.332 e. The number of nitrogens with zero attached hydrogens (tertiary/aromatic N) is 1. The van der Waals surface area contributed by atoms with Gasteiger partial charge in [-0.1, -0.05) is 135 Å². The lowest BCUT2D eigenvalue weighted by atomic mass is 10.0. The van der Waals surface area contributed by atoms with Crippen molar-refractivity contribution in [1.29, 1.82) is 0 Å². The predicted molar refractivity (Wildman–Crippen MR) is 263 cm³/mol. The number of amides is 3. The number of piperidine rings is 1. The molecule has 1 saturated heterocycles. The highest BCUT2D eigenvalue weighted by molar-refractivity contribution is 5.88. The van der Waals surface area contributed by atoms with Gasteiger partial charge < -0.3 is 45.5 Å². The number of benzene rings is 4. The summed E-state index contributed by atoms with van der Waals surface area (Å²) in [6.07, 6.45) is 6.19. The Morgan fingerprint density at radius 3 is 1.33 bits per heavy atom. The van der Waals surface area contributed by atoms with E-state index in [1.807, 2.05) is 128 Å². The Kier molecular flexibility index (Phi) is 31.7. The molecule has 0 aliphatic carbocycles. The zero-order valence-corrected chi connectivity index (χ0v) is 40.3. The van der Waals surface area contributed by atoms with Gasteiger partial charge in [0, 0.05) is 32.9 Å². The molecule has 5 N–H and O–H groups in total. The van der Waals surface area contributed by atoms with Crippen molar-refractivity contribution in [3.8, 4) is 0 Å². The molecular formula is C53H71N5O11. The van der Waals surface area contributed by atoms with Crippen LogP contribution in [0.25, 0.3) is 0 Å². The molecular weight excluding hydrogens is 883 g/mol. The highest BCUT2D eigenvalue weighted by Crippen LogP contribution is 2.09. The van der Waals surface area contributed by atoms with E-state index in [0.717, 1.165) is 28.7 Å². The molecule has 0 spiro atoms. The van der Waals surface area contributed by atoms with Gasteiger partial charge in [-0.2, -0.15) is 0 Å². The van der Waals surface area contributed by atoms with Crippen molar-refractivity contribution < 1.29 is 52.5 Å². The molecule has 0 aromatic heterocycles. The Bertz CT molecular complexity index is 1890. The molecule has 1 aliphatic heterocycles. The zero-order chi connectivity index (χ0) is 50.3. The third-order valence-corrected chi connectivity index (χ3v) is 9.78. The lowest BCUT2D eigenvalue weighted by Crippen LogP contribution is -2.43. The summed E-state index contributed by atoms with van der Waals surface area (Å²) in [4.78, 5) is 81.9. The average molecular weight is 954 g/mol. The predicted octanol–water partition coefficient (Wildman–Crippen LogP) is 4.56. The SMILES string of the molecule is C1CCNCC1.CN(C)C=O.C[C@@H](Cc1ccccc1)C(=O)NCC(=O)CCOCC(=O)OCc1ccccc1.N[C@@H](Cc1ccccc1)C(=O)NCC(=O)CCOCC(=O)OCc1ccccc1. The summed E-state index contributed by atoms with van der Waals surface area (Å²) in [7, 11) is 3.38. The summed E-state index contributed by atoms with van der Waals surface area (Å²) < 4.78 is 20.5. The maximum atomic E-state index is 12.1. The normalized spacial score (nSPS) is 12.2. The number of nitrogens with one attached hydrogen (secondary N) is 3. The van der Waals surface area contributed by atoms with Gasteiger partial charge in [0.25, 0.3) is 0 Å². The molecule has 2 atom stereocenters. The second kappa shape index (κ2) is 37.4. The van der Waals surface area contributed by atoms with Gasteiger partial charge in [0.1, 0.15) is 26.4 Å². The Morgan fingerprint density at radius 1 is 0.594 bits per heavy atom. The van der Waals surface area contributed by atoms with Crippen LogP contribution in [0.4, 0.5) is 0 Å². The number of carbonyl (C=O) groups excluding carboxylic acids is 7. The average Bonchev–Trinajstić information content (AvgIpc) is 3.38. The molecule has 0 bridgehead atoms. The van der Waals surface area contributed by atoms with Crippen LogP contribution in [0.5, 0.6) is 0 Å². The lowest BCUT2D eigenvalue weighted by Gasteiger charge is -2.12. The van der Waals surface area contributed by atoms with Gasteiger partial charge in [-0.05, 0) is 61.0 Å². The first-order chi connectivity index (χ1) is 33.4. The van der Waals surface area contributed by atoms with Gasteiger partial charge in [-0.25, -0.2) is 9.59 Å². The van der Waals surface area contributed by atoms with E-state index in [1.165, 1.54) is 37.3 Å². The van der Waals surface area contributed by atoms with Crippen LogP contribution in [0.2, 0.25) is 0 Å². The van der Waals surface area contributed by atoms with E-state index in [4.69, 9.17) is 24.7 Å². The molecule has 0 saturated carbocycles. The van der Waals surface area contributed by atoms with Crippen molar-refractivity contribution >= 4 is 41.7 Å². The Balaban J connectivity index is 0.000000387. The Hall–Kier alpha value is -6.59. The fourth-order valence-electron chi connectivity index (χ4n) is 5.92. The van der Waals surface area contributed by atoms with Gasteiger partial charge in [0.2, 0.25) is 18.2 Å². The van der Waals surface area contributed by atoms with Gasteiger partial charge in [0.05, 0.1) is 32.3 Å². The molecule has 0 radical (unpaired) electrons. The number of ketones is 2. The number of carbonyl (C=O) groups is 7. The minimum atomic E-state index is -0.721. The molecule has 3 amide bonds. The van der Waals surface area contributed by atoms with E-state index in [9.17, 15) is 33.6 Å². The zero-order valence-electron chi connectivity index (χ0n) is 40.3. The fourth-order valence-corrected chi connectivity index (χ4v) is 5.92.